The van der Waals surface area contributed by atoms with Crippen LogP contribution in [0.4, 0.5) is 0 Å². The van der Waals surface area contributed by atoms with Crippen LogP contribution < -0.4 is 9.47 Å². The average Bonchev–Trinajstić information content (AvgIpc) is 2.91. The Morgan fingerprint density at radius 3 is 1.89 bits per heavy atom. The first-order valence-electron chi connectivity index (χ1n) is 9.66. The van der Waals surface area contributed by atoms with Gasteiger partial charge in [0, 0.05) is 22.3 Å². The zero-order chi connectivity index (χ0) is 19.6. The van der Waals surface area contributed by atoms with Crippen LogP contribution in [-0.4, -0.2) is 22.8 Å². The van der Waals surface area contributed by atoms with Gasteiger partial charge in [0.15, 0.2) is 12.6 Å². The van der Waals surface area contributed by atoms with Crippen molar-refractivity contribution in [3.05, 3.63) is 48.0 Å². The lowest BCUT2D eigenvalue weighted by atomic mass is 9.86. The maximum Gasteiger partial charge on any atom is 0.194 e. The van der Waals surface area contributed by atoms with Crippen molar-refractivity contribution in [2.45, 2.75) is 39.8 Å². The first kappa shape index (κ1) is 17.3. The van der Waals surface area contributed by atoms with E-state index in [1.807, 2.05) is 12.1 Å². The second kappa shape index (κ2) is 6.09. The van der Waals surface area contributed by atoms with Crippen LogP contribution >= 0.6 is 0 Å². The van der Waals surface area contributed by atoms with Crippen LogP contribution in [0.15, 0.2) is 42.5 Å². The lowest BCUT2D eigenvalue weighted by Crippen LogP contribution is -2.10. The van der Waals surface area contributed by atoms with E-state index in [1.165, 1.54) is 11.1 Å². The van der Waals surface area contributed by atoms with Gasteiger partial charge in [0.2, 0.25) is 0 Å². The summed E-state index contributed by atoms with van der Waals surface area (Å²) in [5.74, 6) is 1.36. The van der Waals surface area contributed by atoms with Crippen LogP contribution in [0.1, 0.15) is 26.3 Å². The topological polar surface area (TPSA) is 58.9 Å². The molecule has 0 aliphatic heterocycles. The molecule has 4 aliphatic carbocycles. The summed E-state index contributed by atoms with van der Waals surface area (Å²) in [5.41, 5.74) is 9.78. The third-order valence-electron chi connectivity index (χ3n) is 5.49. The van der Waals surface area contributed by atoms with Crippen molar-refractivity contribution in [1.29, 1.82) is 0 Å². The summed E-state index contributed by atoms with van der Waals surface area (Å²) in [7, 11) is 0. The minimum absolute atomic E-state index is 0.679. The molecule has 3 aromatic rings. The molecule has 0 amide bonds. The molecule has 4 nitrogen and oxygen atoms in total. The maximum atomic E-state index is 9.85. The Morgan fingerprint density at radius 1 is 0.714 bits per heavy atom. The highest BCUT2D eigenvalue weighted by molar-refractivity contribution is 6.09. The lowest BCUT2D eigenvalue weighted by Gasteiger charge is -2.18. The number of hydrogen-bond donors (Lipinski definition) is 2. The van der Waals surface area contributed by atoms with Crippen molar-refractivity contribution in [2.75, 3.05) is 0 Å². The van der Waals surface area contributed by atoms with E-state index in [9.17, 15) is 10.2 Å². The van der Waals surface area contributed by atoms with Crippen molar-refractivity contribution in [3.63, 3.8) is 0 Å². The molecule has 0 fully saturated rings. The monoisotopic (exact) mass is 374 g/mol. The zero-order valence-corrected chi connectivity index (χ0v) is 16.1. The van der Waals surface area contributed by atoms with E-state index in [-0.39, 0.29) is 0 Å². The SMILES string of the molecule is CCc1cc2c3c(c1-c1ccc-3c(OC(C)O)c1)-c1ccc-2cc1OC(C)O. The van der Waals surface area contributed by atoms with E-state index in [1.54, 1.807) is 13.8 Å². The minimum Gasteiger partial charge on any atom is -0.465 e. The van der Waals surface area contributed by atoms with Crippen molar-refractivity contribution in [2.24, 2.45) is 0 Å². The van der Waals surface area contributed by atoms with E-state index in [0.717, 1.165) is 45.4 Å². The highest BCUT2D eigenvalue weighted by Crippen LogP contribution is 2.57. The van der Waals surface area contributed by atoms with Crippen LogP contribution in [0.25, 0.3) is 44.5 Å². The first-order valence-corrected chi connectivity index (χ1v) is 9.66. The summed E-state index contributed by atoms with van der Waals surface area (Å²) < 4.78 is 11.5. The van der Waals surface area contributed by atoms with Crippen molar-refractivity contribution >= 4 is 0 Å². The number of aryl methyl sites for hydroxylation is 1. The number of rotatable bonds is 5. The number of fused-ring (bicyclic) bond motifs is 4. The van der Waals surface area contributed by atoms with Gasteiger partial charge in [-0.2, -0.15) is 0 Å². The number of ether oxygens (including phenoxy) is 2. The van der Waals surface area contributed by atoms with Crippen LogP contribution in [0.2, 0.25) is 0 Å². The predicted molar refractivity (Wildman–Crippen MR) is 109 cm³/mol. The molecule has 0 saturated carbocycles. The summed E-state index contributed by atoms with van der Waals surface area (Å²) in [6.07, 6.45) is -0.887. The Kier molecular flexibility index (Phi) is 3.76. The van der Waals surface area contributed by atoms with Crippen LogP contribution in [-0.2, 0) is 6.42 Å². The quantitative estimate of drug-likeness (QED) is 0.426. The molecule has 0 spiro atoms. The molecule has 4 aliphatic rings. The van der Waals surface area contributed by atoms with E-state index in [0.29, 0.717) is 11.5 Å². The normalized spacial score (nSPS) is 14.5. The number of aliphatic hydroxyl groups is 2. The maximum absolute atomic E-state index is 9.85. The van der Waals surface area contributed by atoms with Gasteiger partial charge in [-0.3, -0.25) is 0 Å². The highest BCUT2D eigenvalue weighted by atomic mass is 16.6. The van der Waals surface area contributed by atoms with Crippen LogP contribution in [0.5, 0.6) is 11.5 Å². The Morgan fingerprint density at radius 2 is 1.29 bits per heavy atom. The summed E-state index contributed by atoms with van der Waals surface area (Å²) in [6, 6.07) is 14.6. The first-order chi connectivity index (χ1) is 13.5. The van der Waals surface area contributed by atoms with Gasteiger partial charge in [0.05, 0.1) is 0 Å². The molecule has 3 aromatic carbocycles. The van der Waals surface area contributed by atoms with Crippen molar-refractivity contribution < 1.29 is 19.7 Å². The fourth-order valence-electron chi connectivity index (χ4n) is 4.47. The molecule has 7 rings (SSSR count). The fraction of sp³-hybridized carbons (Fsp3) is 0.250. The van der Waals surface area contributed by atoms with Crippen LogP contribution in [0.3, 0.4) is 0 Å². The third kappa shape index (κ3) is 2.38. The summed E-state index contributed by atoms with van der Waals surface area (Å²) in [6.45, 7) is 5.40. The van der Waals surface area contributed by atoms with Gasteiger partial charge in [-0.25, -0.2) is 0 Å². The van der Waals surface area contributed by atoms with Gasteiger partial charge < -0.3 is 19.7 Å². The molecule has 0 radical (unpaired) electrons. The molecule has 0 saturated heterocycles. The fourth-order valence-corrected chi connectivity index (χ4v) is 4.47. The van der Waals surface area contributed by atoms with E-state index in [2.05, 4.69) is 37.3 Å². The molecule has 28 heavy (non-hydrogen) atoms. The van der Waals surface area contributed by atoms with Gasteiger partial charge in [-0.1, -0.05) is 19.1 Å². The van der Waals surface area contributed by atoms with Crippen LogP contribution in [0, 0.1) is 0 Å². The molecule has 4 heteroatoms. The Bertz CT molecular complexity index is 1100. The predicted octanol–water partition coefficient (Wildman–Crippen LogP) is 4.98. The second-order valence-corrected chi connectivity index (χ2v) is 7.42. The average molecular weight is 374 g/mol. The largest absolute Gasteiger partial charge is 0.465 e. The van der Waals surface area contributed by atoms with Crippen molar-refractivity contribution in [1.82, 2.24) is 0 Å². The van der Waals surface area contributed by atoms with E-state index in [4.69, 9.17) is 9.47 Å². The molecular formula is C24H22O4. The standard InChI is InChI=1S/C24H22O4/c1-4-14-9-19-15-5-7-18(20(10-15)27-12(2)25)24-22(14)16-6-8-17(23(19)24)21(11-16)28-13(3)26/h5-13,25-26H,4H2,1-3H3. The molecule has 2 unspecified atom stereocenters. The van der Waals surface area contributed by atoms with Gasteiger partial charge in [-0.05, 0) is 78.4 Å². The summed E-state index contributed by atoms with van der Waals surface area (Å²) >= 11 is 0. The molecule has 2 N–H and O–H groups in total. The number of benzene rings is 3. The van der Waals surface area contributed by atoms with Crippen molar-refractivity contribution in [3.8, 4) is 56.0 Å². The molecule has 0 aromatic heterocycles. The number of hydrogen-bond acceptors (Lipinski definition) is 4. The molecule has 2 atom stereocenters. The second-order valence-electron chi connectivity index (χ2n) is 7.42. The Labute approximate surface area is 164 Å². The minimum atomic E-state index is -0.893. The third-order valence-corrected chi connectivity index (χ3v) is 5.49. The lowest BCUT2D eigenvalue weighted by molar-refractivity contribution is -0.000426. The zero-order valence-electron chi connectivity index (χ0n) is 16.1. The van der Waals surface area contributed by atoms with Gasteiger partial charge >= 0.3 is 0 Å². The van der Waals surface area contributed by atoms with E-state index < -0.39 is 12.6 Å². The Balaban J connectivity index is 1.89. The molecule has 8 bridgehead atoms. The molecule has 142 valence electrons. The molecular weight excluding hydrogens is 352 g/mol. The Hall–Kier alpha value is -2.82. The highest BCUT2D eigenvalue weighted by Gasteiger charge is 2.32. The summed E-state index contributed by atoms with van der Waals surface area (Å²) in [5, 5.41) is 19.7. The molecule has 0 heterocycles. The number of aliphatic hydroxyl groups excluding tert-OH is 2. The van der Waals surface area contributed by atoms with Gasteiger partial charge in [-0.15, -0.1) is 0 Å². The smallest absolute Gasteiger partial charge is 0.194 e. The van der Waals surface area contributed by atoms with Gasteiger partial charge in [0.1, 0.15) is 11.5 Å². The summed E-state index contributed by atoms with van der Waals surface area (Å²) in [4.78, 5) is 0. The van der Waals surface area contributed by atoms with E-state index >= 15 is 0 Å². The van der Waals surface area contributed by atoms with Gasteiger partial charge in [0.25, 0.3) is 0 Å².